The Balaban J connectivity index is 2.21. The number of carboxylic acids is 1. The monoisotopic (exact) mass is 243 g/mol. The van der Waals surface area contributed by atoms with Crippen LogP contribution in [-0.4, -0.2) is 21.0 Å². The number of aromatic nitrogens is 2. The van der Waals surface area contributed by atoms with Crippen molar-refractivity contribution in [3.05, 3.63) is 53.6 Å². The van der Waals surface area contributed by atoms with Crippen LogP contribution in [0.25, 0.3) is 0 Å². The van der Waals surface area contributed by atoms with E-state index in [0.717, 1.165) is 11.3 Å². The van der Waals surface area contributed by atoms with Crippen LogP contribution in [0, 0.1) is 6.92 Å². The van der Waals surface area contributed by atoms with Crippen molar-refractivity contribution < 1.29 is 9.90 Å². The number of para-hydroxylation sites is 1. The molecule has 5 heteroatoms. The minimum Gasteiger partial charge on any atom is -0.478 e. The fourth-order valence-corrected chi connectivity index (χ4v) is 1.68. The number of benzene rings is 1. The van der Waals surface area contributed by atoms with E-state index in [1.165, 1.54) is 6.33 Å². The molecule has 0 saturated heterocycles. The molecular weight excluding hydrogens is 230 g/mol. The molecule has 0 atom stereocenters. The Morgan fingerprint density at radius 3 is 2.89 bits per heavy atom. The van der Waals surface area contributed by atoms with E-state index in [0.29, 0.717) is 12.2 Å². The number of rotatable bonds is 4. The zero-order chi connectivity index (χ0) is 13.0. The first-order valence-electron chi connectivity index (χ1n) is 5.50. The molecule has 0 radical (unpaired) electrons. The molecule has 1 heterocycles. The molecule has 0 spiro atoms. The van der Waals surface area contributed by atoms with Crippen molar-refractivity contribution in [1.82, 2.24) is 9.97 Å². The van der Waals surface area contributed by atoms with Gasteiger partial charge >= 0.3 is 5.97 Å². The molecule has 1 aromatic heterocycles. The molecule has 0 amide bonds. The van der Waals surface area contributed by atoms with Crippen LogP contribution < -0.4 is 5.32 Å². The number of carbonyl (C=O) groups is 1. The lowest BCUT2D eigenvalue weighted by atomic mass is 10.1. The summed E-state index contributed by atoms with van der Waals surface area (Å²) in [6.07, 6.45) is 3.12. The summed E-state index contributed by atoms with van der Waals surface area (Å²) in [5, 5.41) is 12.2. The first kappa shape index (κ1) is 12.0. The quantitative estimate of drug-likeness (QED) is 0.860. The smallest absolute Gasteiger partial charge is 0.337 e. The number of hydrogen-bond acceptors (Lipinski definition) is 4. The zero-order valence-corrected chi connectivity index (χ0v) is 9.92. The third-order valence-electron chi connectivity index (χ3n) is 2.59. The van der Waals surface area contributed by atoms with E-state index in [4.69, 9.17) is 5.11 Å². The Hall–Kier alpha value is -2.43. The maximum Gasteiger partial charge on any atom is 0.337 e. The predicted molar refractivity (Wildman–Crippen MR) is 67.5 cm³/mol. The maximum atomic E-state index is 11.1. The number of nitrogens with one attached hydrogen (secondary N) is 1. The highest BCUT2D eigenvalue weighted by Crippen LogP contribution is 2.21. The van der Waals surface area contributed by atoms with E-state index in [1.807, 2.05) is 13.0 Å². The normalized spacial score (nSPS) is 10.1. The van der Waals surface area contributed by atoms with E-state index in [1.54, 1.807) is 24.4 Å². The first-order valence-corrected chi connectivity index (χ1v) is 5.50. The van der Waals surface area contributed by atoms with Gasteiger partial charge in [0, 0.05) is 6.20 Å². The molecule has 0 unspecified atom stereocenters. The molecule has 5 nitrogen and oxygen atoms in total. The summed E-state index contributed by atoms with van der Waals surface area (Å²) >= 11 is 0. The number of hydrogen-bond donors (Lipinski definition) is 2. The average Bonchev–Trinajstić information content (AvgIpc) is 2.38. The Labute approximate surface area is 105 Å². The van der Waals surface area contributed by atoms with E-state index < -0.39 is 5.97 Å². The van der Waals surface area contributed by atoms with Gasteiger partial charge in [0.1, 0.15) is 6.33 Å². The lowest BCUT2D eigenvalue weighted by molar-refractivity contribution is 0.0698. The van der Waals surface area contributed by atoms with Gasteiger partial charge in [-0.2, -0.15) is 0 Å². The number of carboxylic acid groups (broad SMARTS) is 1. The molecule has 2 N–H and O–H groups in total. The summed E-state index contributed by atoms with van der Waals surface area (Å²) in [5.41, 5.74) is 2.60. The maximum absolute atomic E-state index is 11.1. The summed E-state index contributed by atoms with van der Waals surface area (Å²) in [6, 6.07) is 6.97. The highest BCUT2D eigenvalue weighted by molar-refractivity contribution is 5.95. The molecule has 0 aliphatic rings. The second-order valence-corrected chi connectivity index (χ2v) is 3.86. The van der Waals surface area contributed by atoms with Crippen molar-refractivity contribution >= 4 is 11.7 Å². The topological polar surface area (TPSA) is 75.1 Å². The van der Waals surface area contributed by atoms with Crippen LogP contribution >= 0.6 is 0 Å². The Morgan fingerprint density at radius 2 is 2.22 bits per heavy atom. The standard InChI is InChI=1S/C13H13N3O2/c1-9-3-2-4-11(13(17)18)12(9)15-7-10-5-6-14-8-16-10/h2-6,8,15H,7H2,1H3,(H,17,18). The van der Waals surface area contributed by atoms with Gasteiger partial charge in [0.05, 0.1) is 23.5 Å². The molecule has 0 bridgehead atoms. The minimum atomic E-state index is -0.941. The van der Waals surface area contributed by atoms with Gasteiger partial charge in [0.25, 0.3) is 0 Å². The highest BCUT2D eigenvalue weighted by Gasteiger charge is 2.11. The van der Waals surface area contributed by atoms with Crippen molar-refractivity contribution in [1.29, 1.82) is 0 Å². The number of aromatic carboxylic acids is 1. The largest absolute Gasteiger partial charge is 0.478 e. The van der Waals surface area contributed by atoms with Crippen LogP contribution in [-0.2, 0) is 6.54 Å². The summed E-state index contributed by atoms with van der Waals surface area (Å²) in [7, 11) is 0. The van der Waals surface area contributed by atoms with Crippen LogP contribution in [0.2, 0.25) is 0 Å². The number of anilines is 1. The Morgan fingerprint density at radius 1 is 1.39 bits per heavy atom. The Kier molecular flexibility index (Phi) is 3.52. The molecule has 1 aromatic carbocycles. The molecule has 0 fully saturated rings. The lowest BCUT2D eigenvalue weighted by Crippen LogP contribution is -2.08. The first-order chi connectivity index (χ1) is 8.68. The molecule has 0 saturated carbocycles. The fourth-order valence-electron chi connectivity index (χ4n) is 1.68. The van der Waals surface area contributed by atoms with Gasteiger partial charge in [-0.1, -0.05) is 12.1 Å². The van der Waals surface area contributed by atoms with Crippen LogP contribution in [0.15, 0.2) is 36.8 Å². The molecule has 0 aliphatic carbocycles. The van der Waals surface area contributed by atoms with Crippen LogP contribution in [0.5, 0.6) is 0 Å². The van der Waals surface area contributed by atoms with Crippen molar-refractivity contribution in [2.75, 3.05) is 5.32 Å². The van der Waals surface area contributed by atoms with Gasteiger partial charge in [-0.3, -0.25) is 0 Å². The molecular formula is C13H13N3O2. The second-order valence-electron chi connectivity index (χ2n) is 3.86. The highest BCUT2D eigenvalue weighted by atomic mass is 16.4. The van der Waals surface area contributed by atoms with E-state index >= 15 is 0 Å². The summed E-state index contributed by atoms with van der Waals surface area (Å²) in [5.74, 6) is -0.941. The average molecular weight is 243 g/mol. The number of nitrogens with zero attached hydrogens (tertiary/aromatic N) is 2. The fraction of sp³-hybridized carbons (Fsp3) is 0.154. The van der Waals surface area contributed by atoms with Crippen molar-refractivity contribution in [3.8, 4) is 0 Å². The SMILES string of the molecule is Cc1cccc(C(=O)O)c1NCc1ccncn1. The van der Waals surface area contributed by atoms with Gasteiger partial charge in [0.15, 0.2) is 0 Å². The van der Waals surface area contributed by atoms with Gasteiger partial charge in [-0.05, 0) is 24.6 Å². The zero-order valence-electron chi connectivity index (χ0n) is 9.92. The van der Waals surface area contributed by atoms with Crippen LogP contribution in [0.1, 0.15) is 21.6 Å². The van der Waals surface area contributed by atoms with Gasteiger partial charge < -0.3 is 10.4 Å². The summed E-state index contributed by atoms with van der Waals surface area (Å²) in [6.45, 7) is 2.34. The third kappa shape index (κ3) is 2.63. The molecule has 2 aromatic rings. The molecule has 0 aliphatic heterocycles. The van der Waals surface area contributed by atoms with Crippen molar-refractivity contribution in [2.45, 2.75) is 13.5 Å². The van der Waals surface area contributed by atoms with Gasteiger partial charge in [0.2, 0.25) is 0 Å². The Bertz CT molecular complexity index is 555. The van der Waals surface area contributed by atoms with Crippen LogP contribution in [0.3, 0.4) is 0 Å². The van der Waals surface area contributed by atoms with Crippen LogP contribution in [0.4, 0.5) is 5.69 Å². The van der Waals surface area contributed by atoms with Crippen molar-refractivity contribution in [3.63, 3.8) is 0 Å². The van der Waals surface area contributed by atoms with Crippen molar-refractivity contribution in [2.24, 2.45) is 0 Å². The molecule has 18 heavy (non-hydrogen) atoms. The summed E-state index contributed by atoms with van der Waals surface area (Å²) < 4.78 is 0. The van der Waals surface area contributed by atoms with E-state index in [-0.39, 0.29) is 5.56 Å². The molecule has 92 valence electrons. The third-order valence-corrected chi connectivity index (χ3v) is 2.59. The van der Waals surface area contributed by atoms with Gasteiger partial charge in [-0.25, -0.2) is 14.8 Å². The minimum absolute atomic E-state index is 0.268. The van der Waals surface area contributed by atoms with Gasteiger partial charge in [-0.15, -0.1) is 0 Å². The number of aryl methyl sites for hydroxylation is 1. The molecule has 2 rings (SSSR count). The van der Waals surface area contributed by atoms with E-state index in [2.05, 4.69) is 15.3 Å². The van der Waals surface area contributed by atoms with E-state index in [9.17, 15) is 4.79 Å². The predicted octanol–water partition coefficient (Wildman–Crippen LogP) is 2.10. The lowest BCUT2D eigenvalue weighted by Gasteiger charge is -2.12. The second kappa shape index (κ2) is 5.27. The summed E-state index contributed by atoms with van der Waals surface area (Å²) in [4.78, 5) is 19.0.